The van der Waals surface area contributed by atoms with Gasteiger partial charge in [0.25, 0.3) is 0 Å². The minimum atomic E-state index is -2.99. The molecule has 0 saturated carbocycles. The third-order valence-electron chi connectivity index (χ3n) is 2.88. The first-order valence-electron chi connectivity index (χ1n) is 5.67. The molecule has 1 aromatic carbocycles. The van der Waals surface area contributed by atoms with E-state index in [1.54, 1.807) is 0 Å². The van der Waals surface area contributed by atoms with E-state index in [1.165, 1.54) is 6.26 Å². The van der Waals surface area contributed by atoms with Gasteiger partial charge in [0, 0.05) is 29.9 Å². The molecule has 0 spiro atoms. The first kappa shape index (κ1) is 12.2. The fourth-order valence-electron chi connectivity index (χ4n) is 2.14. The highest BCUT2D eigenvalue weighted by molar-refractivity contribution is 7.89. The molecule has 4 heteroatoms. The maximum absolute atomic E-state index is 11.4. The molecule has 1 aromatic heterocycles. The number of rotatable bonds is 3. The number of aryl methyl sites for hydroxylation is 2. The van der Waals surface area contributed by atoms with Crippen molar-refractivity contribution < 1.29 is 8.42 Å². The summed E-state index contributed by atoms with van der Waals surface area (Å²) in [6.07, 6.45) is 3.23. The highest BCUT2D eigenvalue weighted by atomic mass is 32.2. The van der Waals surface area contributed by atoms with Crippen LogP contribution in [0.4, 0.5) is 0 Å². The van der Waals surface area contributed by atoms with Gasteiger partial charge in [-0.15, -0.1) is 0 Å². The highest BCUT2D eigenvalue weighted by Crippen LogP contribution is 2.24. The number of sulfone groups is 1. The number of aromatic nitrogens is 1. The Morgan fingerprint density at radius 3 is 2.59 bits per heavy atom. The van der Waals surface area contributed by atoms with Gasteiger partial charge in [0.2, 0.25) is 0 Å². The van der Waals surface area contributed by atoms with E-state index >= 15 is 0 Å². The molecule has 1 heterocycles. The van der Waals surface area contributed by atoms with E-state index in [4.69, 9.17) is 0 Å². The van der Waals surface area contributed by atoms with Crippen LogP contribution in [0.25, 0.3) is 10.9 Å². The molecule has 0 bridgehead atoms. The average Bonchev–Trinajstić information content (AvgIpc) is 2.54. The number of hydrogen-bond donors (Lipinski definition) is 0. The Labute approximate surface area is 102 Å². The van der Waals surface area contributed by atoms with E-state index in [1.807, 2.05) is 13.1 Å². The van der Waals surface area contributed by atoms with Crippen LogP contribution in [0, 0.1) is 6.92 Å². The van der Waals surface area contributed by atoms with Gasteiger partial charge in [0.15, 0.2) is 9.84 Å². The second kappa shape index (κ2) is 4.18. The summed E-state index contributed by atoms with van der Waals surface area (Å²) in [6.45, 7) is 4.93. The number of fused-ring (bicyclic) bond motifs is 1. The van der Waals surface area contributed by atoms with Crippen LogP contribution in [-0.4, -0.2) is 19.2 Å². The summed E-state index contributed by atoms with van der Waals surface area (Å²) in [5.74, 6) is 0.111. The van der Waals surface area contributed by atoms with Crippen molar-refractivity contribution in [3.63, 3.8) is 0 Å². The third-order valence-corrected chi connectivity index (χ3v) is 3.71. The quantitative estimate of drug-likeness (QED) is 0.840. The van der Waals surface area contributed by atoms with Crippen LogP contribution in [0.1, 0.15) is 18.1 Å². The van der Waals surface area contributed by atoms with Crippen LogP contribution in [0.15, 0.2) is 24.4 Å². The Hall–Kier alpha value is -1.29. The van der Waals surface area contributed by atoms with Gasteiger partial charge in [0.1, 0.15) is 0 Å². The monoisotopic (exact) mass is 251 g/mol. The molecule has 0 unspecified atom stereocenters. The van der Waals surface area contributed by atoms with Crippen molar-refractivity contribution >= 4 is 20.7 Å². The fourth-order valence-corrected chi connectivity index (χ4v) is 2.94. The minimum Gasteiger partial charge on any atom is -0.347 e. The van der Waals surface area contributed by atoms with Crippen molar-refractivity contribution in [1.29, 1.82) is 0 Å². The van der Waals surface area contributed by atoms with Crippen LogP contribution >= 0.6 is 0 Å². The molecule has 0 fully saturated rings. The Morgan fingerprint density at radius 2 is 2.00 bits per heavy atom. The molecule has 0 aliphatic carbocycles. The van der Waals surface area contributed by atoms with Gasteiger partial charge >= 0.3 is 0 Å². The lowest BCUT2D eigenvalue weighted by molar-refractivity contribution is 0.601. The molecular weight excluding hydrogens is 234 g/mol. The van der Waals surface area contributed by atoms with E-state index in [0.717, 1.165) is 28.6 Å². The van der Waals surface area contributed by atoms with Gasteiger partial charge < -0.3 is 4.57 Å². The predicted molar refractivity (Wildman–Crippen MR) is 70.9 cm³/mol. The summed E-state index contributed by atoms with van der Waals surface area (Å²) >= 11 is 0. The summed E-state index contributed by atoms with van der Waals surface area (Å²) in [6, 6.07) is 6.17. The van der Waals surface area contributed by atoms with Crippen molar-refractivity contribution in [3.8, 4) is 0 Å². The van der Waals surface area contributed by atoms with E-state index < -0.39 is 9.84 Å². The second-order valence-corrected chi connectivity index (χ2v) is 6.67. The van der Waals surface area contributed by atoms with Crippen molar-refractivity contribution in [3.05, 3.63) is 35.5 Å². The lowest BCUT2D eigenvalue weighted by atomic mass is 10.1. The molecule has 0 aliphatic heterocycles. The Bertz CT molecular complexity index is 653. The molecule has 0 radical (unpaired) electrons. The number of benzene rings is 1. The zero-order valence-corrected chi connectivity index (χ0v) is 11.2. The van der Waals surface area contributed by atoms with Gasteiger partial charge in [-0.05, 0) is 31.5 Å². The van der Waals surface area contributed by atoms with Gasteiger partial charge in [-0.1, -0.05) is 11.6 Å². The average molecular weight is 251 g/mol. The van der Waals surface area contributed by atoms with E-state index in [0.29, 0.717) is 0 Å². The largest absolute Gasteiger partial charge is 0.347 e. The highest BCUT2D eigenvalue weighted by Gasteiger charge is 2.12. The molecule has 0 amide bonds. The van der Waals surface area contributed by atoms with Crippen LogP contribution < -0.4 is 0 Å². The third kappa shape index (κ3) is 2.52. The summed E-state index contributed by atoms with van der Waals surface area (Å²) in [4.78, 5) is 0. The van der Waals surface area contributed by atoms with E-state index in [9.17, 15) is 8.42 Å². The van der Waals surface area contributed by atoms with Gasteiger partial charge in [-0.2, -0.15) is 0 Å². The molecule has 2 rings (SSSR count). The molecule has 3 nitrogen and oxygen atoms in total. The number of hydrogen-bond acceptors (Lipinski definition) is 2. The van der Waals surface area contributed by atoms with Crippen LogP contribution in [0.3, 0.4) is 0 Å². The predicted octanol–water partition coefficient (Wildman–Crippen LogP) is 2.51. The van der Waals surface area contributed by atoms with Crippen LogP contribution in [-0.2, 0) is 22.1 Å². The molecule has 0 aliphatic rings. The molecule has 92 valence electrons. The second-order valence-electron chi connectivity index (χ2n) is 4.53. The smallest absolute Gasteiger partial charge is 0.151 e. The van der Waals surface area contributed by atoms with Gasteiger partial charge in [0.05, 0.1) is 5.75 Å². The van der Waals surface area contributed by atoms with Gasteiger partial charge in [-0.25, -0.2) is 8.42 Å². The summed E-state index contributed by atoms with van der Waals surface area (Å²) < 4.78 is 24.9. The zero-order chi connectivity index (χ0) is 12.6. The fraction of sp³-hybridized carbons (Fsp3) is 0.385. The zero-order valence-electron chi connectivity index (χ0n) is 10.4. The maximum Gasteiger partial charge on any atom is 0.151 e. The molecular formula is C13H17NO2S. The molecule has 17 heavy (non-hydrogen) atoms. The van der Waals surface area contributed by atoms with Crippen molar-refractivity contribution in [2.24, 2.45) is 0 Å². The van der Waals surface area contributed by atoms with Gasteiger partial charge in [-0.3, -0.25) is 0 Å². The topological polar surface area (TPSA) is 39.1 Å². The minimum absolute atomic E-state index is 0.111. The first-order valence-corrected chi connectivity index (χ1v) is 7.73. The van der Waals surface area contributed by atoms with Crippen molar-refractivity contribution in [2.45, 2.75) is 26.1 Å². The van der Waals surface area contributed by atoms with E-state index in [-0.39, 0.29) is 5.75 Å². The standard InChI is InChI=1S/C13H17NO2S/c1-4-14-8-11(9-17(3,15)16)12-7-10(2)5-6-13(12)14/h5-8H,4,9H2,1-3H3. The Balaban J connectivity index is 2.66. The Kier molecular flexibility index (Phi) is 3.00. The van der Waals surface area contributed by atoms with Crippen LogP contribution in [0.5, 0.6) is 0 Å². The van der Waals surface area contributed by atoms with Crippen LogP contribution in [0.2, 0.25) is 0 Å². The maximum atomic E-state index is 11.4. The Morgan fingerprint density at radius 1 is 1.29 bits per heavy atom. The molecule has 0 N–H and O–H groups in total. The first-order chi connectivity index (χ1) is 7.90. The lowest BCUT2D eigenvalue weighted by Crippen LogP contribution is -2.00. The molecule has 2 aromatic rings. The lowest BCUT2D eigenvalue weighted by Gasteiger charge is -2.00. The summed E-state index contributed by atoms with van der Waals surface area (Å²) in [7, 11) is -2.99. The van der Waals surface area contributed by atoms with Crippen molar-refractivity contribution in [2.75, 3.05) is 6.26 Å². The van der Waals surface area contributed by atoms with Crippen molar-refractivity contribution in [1.82, 2.24) is 4.57 Å². The summed E-state index contributed by atoms with van der Waals surface area (Å²) in [5, 5.41) is 1.05. The summed E-state index contributed by atoms with van der Waals surface area (Å²) in [5.41, 5.74) is 3.16. The normalized spacial score (nSPS) is 12.2. The molecule has 0 atom stereocenters. The van der Waals surface area contributed by atoms with E-state index in [2.05, 4.69) is 29.7 Å². The SMILES string of the molecule is CCn1cc(CS(C)(=O)=O)c2cc(C)ccc21. The number of nitrogens with zero attached hydrogens (tertiary/aromatic N) is 1. The molecule has 0 saturated heterocycles.